The van der Waals surface area contributed by atoms with Gasteiger partial charge in [0.05, 0.1) is 18.8 Å². The Bertz CT molecular complexity index is 997. The number of hydrogen-bond donors (Lipinski definition) is 2. The van der Waals surface area contributed by atoms with E-state index in [2.05, 4.69) is 20.4 Å². The highest BCUT2D eigenvalue weighted by Gasteiger charge is 2.30. The van der Waals surface area contributed by atoms with Crippen molar-refractivity contribution in [3.63, 3.8) is 0 Å². The number of alkyl halides is 1. The molecular weight excluding hydrogens is 451 g/mol. The number of ether oxygens (including phenoxy) is 1. The standard InChI is InChI=1S/C26H37FN4O4/c1-17-16-19(9-10-20(17)23(33)28-21-7-4-8-22(21)32)34-15-5-6-18-11-13-31(14-12-18)25-29-24(35-30-25)26(2,3)27/h9-10,16,18,21-22,32H,4-8,11-15H2,1-3H3,(H,28,33). The summed E-state index contributed by atoms with van der Waals surface area (Å²) in [7, 11) is 0. The molecule has 2 aliphatic rings. The summed E-state index contributed by atoms with van der Waals surface area (Å²) in [6, 6.07) is 5.38. The summed E-state index contributed by atoms with van der Waals surface area (Å²) in [5, 5.41) is 16.8. The molecule has 0 spiro atoms. The molecule has 35 heavy (non-hydrogen) atoms. The van der Waals surface area contributed by atoms with Gasteiger partial charge in [0.1, 0.15) is 5.75 Å². The molecule has 192 valence electrons. The molecule has 2 N–H and O–H groups in total. The van der Waals surface area contributed by atoms with Crippen molar-refractivity contribution in [1.29, 1.82) is 0 Å². The predicted octanol–water partition coefficient (Wildman–Crippen LogP) is 4.30. The smallest absolute Gasteiger partial charge is 0.266 e. The SMILES string of the molecule is Cc1cc(OCCCC2CCN(c3noc(C(C)(C)F)n3)CC2)ccc1C(=O)NC1CCCC1O. The van der Waals surface area contributed by atoms with Crippen molar-refractivity contribution in [2.45, 2.75) is 83.5 Å². The van der Waals surface area contributed by atoms with Gasteiger partial charge < -0.3 is 24.6 Å². The number of amides is 1. The fraction of sp³-hybridized carbons (Fsp3) is 0.654. The molecule has 1 aliphatic heterocycles. The van der Waals surface area contributed by atoms with Gasteiger partial charge >= 0.3 is 0 Å². The van der Waals surface area contributed by atoms with Crippen molar-refractivity contribution in [3.8, 4) is 5.75 Å². The fourth-order valence-electron chi connectivity index (χ4n) is 4.90. The number of nitrogens with one attached hydrogen (secondary N) is 1. The topological polar surface area (TPSA) is 101 Å². The van der Waals surface area contributed by atoms with Crippen LogP contribution in [0.25, 0.3) is 0 Å². The summed E-state index contributed by atoms with van der Waals surface area (Å²) >= 11 is 0. The molecule has 0 bridgehead atoms. The summed E-state index contributed by atoms with van der Waals surface area (Å²) in [4.78, 5) is 18.8. The van der Waals surface area contributed by atoms with E-state index in [1.807, 2.05) is 19.1 Å². The lowest BCUT2D eigenvalue weighted by Crippen LogP contribution is -2.40. The number of halogens is 1. The van der Waals surface area contributed by atoms with Crippen LogP contribution in [0.2, 0.25) is 0 Å². The van der Waals surface area contributed by atoms with E-state index in [0.29, 0.717) is 24.0 Å². The second kappa shape index (κ2) is 10.9. The largest absolute Gasteiger partial charge is 0.494 e. The molecular formula is C26H37FN4O4. The van der Waals surface area contributed by atoms with E-state index < -0.39 is 11.8 Å². The Hall–Kier alpha value is -2.68. The summed E-state index contributed by atoms with van der Waals surface area (Å²) < 4.78 is 25.0. The van der Waals surface area contributed by atoms with Crippen LogP contribution in [0.4, 0.5) is 10.3 Å². The highest BCUT2D eigenvalue weighted by atomic mass is 19.1. The fourth-order valence-corrected chi connectivity index (χ4v) is 4.90. The van der Waals surface area contributed by atoms with E-state index in [1.165, 1.54) is 13.8 Å². The summed E-state index contributed by atoms with van der Waals surface area (Å²) in [6.07, 6.45) is 6.14. The minimum Gasteiger partial charge on any atom is -0.494 e. The minimum atomic E-state index is -1.63. The average Bonchev–Trinajstić information content (AvgIpc) is 3.47. The lowest BCUT2D eigenvalue weighted by molar-refractivity contribution is 0.0872. The Morgan fingerprint density at radius 3 is 2.69 bits per heavy atom. The molecule has 1 saturated carbocycles. The maximum absolute atomic E-state index is 14.0. The Morgan fingerprint density at radius 1 is 1.29 bits per heavy atom. The van der Waals surface area contributed by atoms with Crippen LogP contribution in [-0.4, -0.2) is 53.0 Å². The first-order valence-electron chi connectivity index (χ1n) is 12.7. The maximum atomic E-state index is 14.0. The number of benzene rings is 1. The van der Waals surface area contributed by atoms with Crippen molar-refractivity contribution in [2.75, 3.05) is 24.6 Å². The number of anilines is 1. The lowest BCUT2D eigenvalue weighted by Gasteiger charge is -2.30. The zero-order valence-electron chi connectivity index (χ0n) is 20.9. The number of piperidine rings is 1. The van der Waals surface area contributed by atoms with Gasteiger partial charge in [-0.05, 0) is 101 Å². The second-order valence-corrected chi connectivity index (χ2v) is 10.3. The number of aromatic nitrogens is 2. The van der Waals surface area contributed by atoms with Gasteiger partial charge in [-0.1, -0.05) is 0 Å². The Balaban J connectivity index is 1.17. The van der Waals surface area contributed by atoms with Crippen molar-refractivity contribution in [2.24, 2.45) is 5.92 Å². The quantitative estimate of drug-likeness (QED) is 0.508. The van der Waals surface area contributed by atoms with Gasteiger partial charge in [0, 0.05) is 18.7 Å². The molecule has 1 saturated heterocycles. The number of nitrogens with zero attached hydrogens (tertiary/aromatic N) is 3. The maximum Gasteiger partial charge on any atom is 0.266 e. The zero-order valence-corrected chi connectivity index (χ0v) is 20.9. The second-order valence-electron chi connectivity index (χ2n) is 10.3. The molecule has 4 rings (SSSR count). The summed E-state index contributed by atoms with van der Waals surface area (Å²) in [6.45, 7) is 7.01. The molecule has 2 aromatic rings. The van der Waals surface area contributed by atoms with Gasteiger partial charge in [0.25, 0.3) is 17.7 Å². The number of aliphatic hydroxyl groups excluding tert-OH is 1. The van der Waals surface area contributed by atoms with Gasteiger partial charge in [-0.3, -0.25) is 4.79 Å². The van der Waals surface area contributed by atoms with E-state index in [4.69, 9.17) is 9.26 Å². The number of hydrogen-bond acceptors (Lipinski definition) is 7. The number of carbonyl (C=O) groups is 1. The molecule has 1 aliphatic carbocycles. The first-order chi connectivity index (χ1) is 16.7. The van der Waals surface area contributed by atoms with Crippen LogP contribution < -0.4 is 15.0 Å². The van der Waals surface area contributed by atoms with E-state index in [-0.39, 0.29) is 17.8 Å². The van der Waals surface area contributed by atoms with Crippen LogP contribution in [0.1, 0.15) is 80.6 Å². The van der Waals surface area contributed by atoms with E-state index >= 15 is 0 Å². The van der Waals surface area contributed by atoms with Gasteiger partial charge in [-0.15, -0.1) is 0 Å². The third-order valence-electron chi connectivity index (χ3n) is 7.09. The molecule has 1 aromatic heterocycles. The Morgan fingerprint density at radius 2 is 2.06 bits per heavy atom. The zero-order chi connectivity index (χ0) is 25.0. The molecule has 0 radical (unpaired) electrons. The monoisotopic (exact) mass is 488 g/mol. The molecule has 2 fully saturated rings. The van der Waals surface area contributed by atoms with Crippen molar-refractivity contribution in [3.05, 3.63) is 35.2 Å². The van der Waals surface area contributed by atoms with Crippen LogP contribution in [0.5, 0.6) is 5.75 Å². The third-order valence-corrected chi connectivity index (χ3v) is 7.09. The van der Waals surface area contributed by atoms with Crippen LogP contribution in [0.15, 0.2) is 22.7 Å². The molecule has 2 atom stereocenters. The Kier molecular flexibility index (Phi) is 7.94. The number of aliphatic hydroxyl groups is 1. The minimum absolute atomic E-state index is 0.0169. The number of rotatable bonds is 9. The van der Waals surface area contributed by atoms with Crippen molar-refractivity contribution in [1.82, 2.24) is 15.5 Å². The average molecular weight is 489 g/mol. The normalized spacial score (nSPS) is 21.3. The molecule has 8 nitrogen and oxygen atoms in total. The predicted molar refractivity (Wildman–Crippen MR) is 130 cm³/mol. The van der Waals surface area contributed by atoms with Crippen LogP contribution >= 0.6 is 0 Å². The highest BCUT2D eigenvalue weighted by Crippen LogP contribution is 2.28. The van der Waals surface area contributed by atoms with E-state index in [0.717, 1.165) is 69.3 Å². The lowest BCUT2D eigenvalue weighted by atomic mass is 9.92. The van der Waals surface area contributed by atoms with E-state index in [1.54, 1.807) is 6.07 Å². The van der Waals surface area contributed by atoms with Crippen molar-refractivity contribution >= 4 is 11.9 Å². The summed E-state index contributed by atoms with van der Waals surface area (Å²) in [5.41, 5.74) is -0.152. The molecule has 1 aromatic carbocycles. The van der Waals surface area contributed by atoms with Crippen LogP contribution in [0, 0.1) is 12.8 Å². The third kappa shape index (κ3) is 6.51. The van der Waals surface area contributed by atoms with Gasteiger partial charge in [0.15, 0.2) is 5.67 Å². The first kappa shape index (κ1) is 25.4. The van der Waals surface area contributed by atoms with E-state index in [9.17, 15) is 14.3 Å². The van der Waals surface area contributed by atoms with Gasteiger partial charge in [0.2, 0.25) is 0 Å². The molecule has 2 unspecified atom stereocenters. The molecule has 2 heterocycles. The van der Waals surface area contributed by atoms with Crippen LogP contribution in [-0.2, 0) is 5.67 Å². The first-order valence-corrected chi connectivity index (χ1v) is 12.7. The molecule has 1 amide bonds. The van der Waals surface area contributed by atoms with Gasteiger partial charge in [-0.25, -0.2) is 4.39 Å². The summed E-state index contributed by atoms with van der Waals surface area (Å²) in [5.74, 6) is 1.72. The Labute approximate surface area is 206 Å². The van der Waals surface area contributed by atoms with Gasteiger partial charge in [-0.2, -0.15) is 4.98 Å². The van der Waals surface area contributed by atoms with Crippen molar-refractivity contribution < 1.29 is 23.6 Å². The number of aryl methyl sites for hydroxylation is 1. The number of carbonyl (C=O) groups excluding carboxylic acids is 1. The molecule has 9 heteroatoms. The highest BCUT2D eigenvalue weighted by molar-refractivity contribution is 5.96. The van der Waals surface area contributed by atoms with Crippen LogP contribution in [0.3, 0.4) is 0 Å².